The number of pyridine rings is 1. The Hall–Kier alpha value is -3.28. The normalized spacial score (nSPS) is 16.9. The number of ketones is 1. The Morgan fingerprint density at radius 3 is 2.82 bits per heavy atom. The molecule has 2 aromatic heterocycles. The van der Waals surface area contributed by atoms with Crippen LogP contribution in [0.2, 0.25) is 0 Å². The zero-order chi connectivity index (χ0) is 19.7. The van der Waals surface area contributed by atoms with E-state index in [1.165, 1.54) is 6.07 Å². The van der Waals surface area contributed by atoms with Crippen molar-refractivity contribution in [1.82, 2.24) is 9.88 Å². The molecule has 0 saturated carbocycles. The van der Waals surface area contributed by atoms with Crippen molar-refractivity contribution in [3.8, 4) is 0 Å². The van der Waals surface area contributed by atoms with E-state index in [9.17, 15) is 14.4 Å². The largest absolute Gasteiger partial charge is 0.451 e. The highest BCUT2D eigenvalue weighted by molar-refractivity contribution is 5.97. The predicted molar refractivity (Wildman–Crippen MR) is 104 cm³/mol. The number of hydrogen-bond acceptors (Lipinski definition) is 5. The fourth-order valence-electron chi connectivity index (χ4n) is 3.62. The highest BCUT2D eigenvalue weighted by Crippen LogP contribution is 2.23. The Morgan fingerprint density at radius 2 is 2.04 bits per heavy atom. The number of amides is 1. The molecule has 3 heterocycles. The van der Waals surface area contributed by atoms with Crippen molar-refractivity contribution >= 4 is 22.7 Å². The Labute approximate surface area is 161 Å². The van der Waals surface area contributed by atoms with Crippen LogP contribution in [0.5, 0.6) is 0 Å². The van der Waals surface area contributed by atoms with Crippen LogP contribution in [0.4, 0.5) is 0 Å². The van der Waals surface area contributed by atoms with E-state index >= 15 is 0 Å². The average Bonchev–Trinajstić information content (AvgIpc) is 2.73. The molecule has 0 unspecified atom stereocenters. The van der Waals surface area contributed by atoms with E-state index in [1.807, 2.05) is 13.0 Å². The monoisotopic (exact) mass is 376 g/mol. The first-order chi connectivity index (χ1) is 13.5. The lowest BCUT2D eigenvalue weighted by Crippen LogP contribution is -2.42. The Balaban J connectivity index is 1.59. The van der Waals surface area contributed by atoms with Crippen molar-refractivity contribution in [2.24, 2.45) is 5.92 Å². The second-order valence-electron chi connectivity index (χ2n) is 7.14. The molecular formula is C22H20N2O4. The first kappa shape index (κ1) is 18.1. The molecule has 142 valence electrons. The molecule has 3 aromatic rings. The number of fused-ring (bicyclic) bond motifs is 1. The summed E-state index contributed by atoms with van der Waals surface area (Å²) < 4.78 is 5.73. The first-order valence-electron chi connectivity index (χ1n) is 9.32. The summed E-state index contributed by atoms with van der Waals surface area (Å²) in [5, 5.41) is 0.448. The third-order valence-corrected chi connectivity index (χ3v) is 5.09. The molecule has 0 bridgehead atoms. The molecular weight excluding hydrogens is 356 g/mol. The molecule has 6 heteroatoms. The third kappa shape index (κ3) is 3.45. The van der Waals surface area contributed by atoms with Crippen LogP contribution >= 0.6 is 0 Å². The molecule has 1 atom stereocenters. The number of benzene rings is 1. The number of rotatable bonds is 3. The fraction of sp³-hybridized carbons (Fsp3) is 0.273. The third-order valence-electron chi connectivity index (χ3n) is 5.09. The van der Waals surface area contributed by atoms with Gasteiger partial charge < -0.3 is 9.32 Å². The van der Waals surface area contributed by atoms with E-state index in [-0.39, 0.29) is 28.8 Å². The summed E-state index contributed by atoms with van der Waals surface area (Å²) in [6.45, 7) is 2.72. The molecule has 0 spiro atoms. The molecule has 1 amide bonds. The summed E-state index contributed by atoms with van der Waals surface area (Å²) >= 11 is 0. The quantitative estimate of drug-likeness (QED) is 0.656. The first-order valence-corrected chi connectivity index (χ1v) is 9.32. The second kappa shape index (κ2) is 7.38. The highest BCUT2D eigenvalue weighted by Gasteiger charge is 2.31. The summed E-state index contributed by atoms with van der Waals surface area (Å²) in [5.41, 5.74) is 1.51. The van der Waals surface area contributed by atoms with Gasteiger partial charge in [0.25, 0.3) is 5.91 Å². The Kier molecular flexibility index (Phi) is 4.77. The van der Waals surface area contributed by atoms with Gasteiger partial charge in [0, 0.05) is 31.3 Å². The molecule has 0 N–H and O–H groups in total. The van der Waals surface area contributed by atoms with E-state index < -0.39 is 0 Å². The molecule has 0 radical (unpaired) electrons. The minimum absolute atomic E-state index is 0.00837. The Bertz CT molecular complexity index is 1100. The molecule has 1 saturated heterocycles. The van der Waals surface area contributed by atoms with E-state index in [0.29, 0.717) is 42.6 Å². The molecule has 1 aromatic carbocycles. The predicted octanol–water partition coefficient (Wildman–Crippen LogP) is 3.23. The van der Waals surface area contributed by atoms with Gasteiger partial charge in [0.15, 0.2) is 17.0 Å². The summed E-state index contributed by atoms with van der Waals surface area (Å²) in [6, 6.07) is 11.7. The van der Waals surface area contributed by atoms with Crippen molar-refractivity contribution in [2.45, 2.75) is 19.8 Å². The number of likely N-dealkylation sites (tertiary alicyclic amines) is 1. The van der Waals surface area contributed by atoms with E-state index in [4.69, 9.17) is 4.42 Å². The van der Waals surface area contributed by atoms with Crippen LogP contribution in [-0.4, -0.2) is 34.7 Å². The number of carbonyl (C=O) groups excluding carboxylic acids is 2. The average molecular weight is 376 g/mol. The maximum atomic E-state index is 13.0. The summed E-state index contributed by atoms with van der Waals surface area (Å²) in [7, 11) is 0. The van der Waals surface area contributed by atoms with Crippen LogP contribution in [0.3, 0.4) is 0 Å². The zero-order valence-electron chi connectivity index (χ0n) is 15.6. The maximum absolute atomic E-state index is 13.0. The maximum Gasteiger partial charge on any atom is 0.289 e. The number of nitrogens with zero attached hydrogens (tertiary/aromatic N) is 2. The topological polar surface area (TPSA) is 80.5 Å². The van der Waals surface area contributed by atoms with Crippen molar-refractivity contribution in [1.29, 1.82) is 0 Å². The van der Waals surface area contributed by atoms with Crippen molar-refractivity contribution in [2.75, 3.05) is 13.1 Å². The second-order valence-corrected chi connectivity index (χ2v) is 7.14. The minimum Gasteiger partial charge on any atom is -0.451 e. The lowest BCUT2D eigenvalue weighted by molar-refractivity contribution is 0.0609. The molecule has 4 rings (SSSR count). The number of hydrogen-bond donors (Lipinski definition) is 0. The zero-order valence-corrected chi connectivity index (χ0v) is 15.6. The van der Waals surface area contributed by atoms with Gasteiger partial charge in [-0.05, 0) is 49.6 Å². The number of piperidine rings is 1. The van der Waals surface area contributed by atoms with Crippen LogP contribution in [0, 0.1) is 12.8 Å². The van der Waals surface area contributed by atoms with Gasteiger partial charge in [-0.15, -0.1) is 0 Å². The van der Waals surface area contributed by atoms with Crippen molar-refractivity contribution in [3.63, 3.8) is 0 Å². The fourth-order valence-corrected chi connectivity index (χ4v) is 3.62. The van der Waals surface area contributed by atoms with Gasteiger partial charge in [-0.1, -0.05) is 12.1 Å². The van der Waals surface area contributed by atoms with Crippen molar-refractivity contribution in [3.05, 3.63) is 75.9 Å². The van der Waals surface area contributed by atoms with Gasteiger partial charge in [0.2, 0.25) is 0 Å². The lowest BCUT2D eigenvalue weighted by atomic mass is 9.91. The van der Waals surface area contributed by atoms with Crippen LogP contribution in [0.15, 0.2) is 57.9 Å². The summed E-state index contributed by atoms with van der Waals surface area (Å²) in [4.78, 5) is 43.7. The smallest absolute Gasteiger partial charge is 0.289 e. The standard InChI is InChI=1S/C22H20N2O4/c1-14-7-8-16-18(25)12-20(28-19(16)11-14)22(27)24-10-4-5-15(13-24)21(26)17-6-2-3-9-23-17/h2-3,6-9,11-12,15H,4-5,10,13H2,1H3/t15-/m0/s1. The SMILES string of the molecule is Cc1ccc2c(=O)cc(C(=O)N3CCC[C@H](C(=O)c4ccccn4)C3)oc2c1. The molecule has 0 aliphatic carbocycles. The number of Topliss-reactive ketones (excluding diaryl/α,β-unsaturated/α-hetero) is 1. The van der Waals surface area contributed by atoms with Crippen LogP contribution in [0.1, 0.15) is 39.4 Å². The molecule has 1 fully saturated rings. The number of aromatic nitrogens is 1. The van der Waals surface area contributed by atoms with Gasteiger partial charge in [-0.3, -0.25) is 19.4 Å². The van der Waals surface area contributed by atoms with Gasteiger partial charge >= 0.3 is 0 Å². The number of aryl methyl sites for hydroxylation is 1. The lowest BCUT2D eigenvalue weighted by Gasteiger charge is -2.31. The molecule has 28 heavy (non-hydrogen) atoms. The molecule has 6 nitrogen and oxygen atoms in total. The minimum atomic E-state index is -0.362. The van der Waals surface area contributed by atoms with Gasteiger partial charge in [-0.25, -0.2) is 0 Å². The summed E-state index contributed by atoms with van der Waals surface area (Å²) in [6.07, 6.45) is 3.01. The van der Waals surface area contributed by atoms with Gasteiger partial charge in [0.1, 0.15) is 11.3 Å². The summed E-state index contributed by atoms with van der Waals surface area (Å²) in [5.74, 6) is -0.719. The Morgan fingerprint density at radius 1 is 1.18 bits per heavy atom. The van der Waals surface area contributed by atoms with E-state index in [0.717, 1.165) is 5.56 Å². The number of carbonyl (C=O) groups is 2. The van der Waals surface area contributed by atoms with Gasteiger partial charge in [0.05, 0.1) is 5.39 Å². The van der Waals surface area contributed by atoms with Gasteiger partial charge in [-0.2, -0.15) is 0 Å². The highest BCUT2D eigenvalue weighted by atomic mass is 16.3. The van der Waals surface area contributed by atoms with Crippen LogP contribution in [-0.2, 0) is 0 Å². The van der Waals surface area contributed by atoms with E-state index in [1.54, 1.807) is 41.4 Å². The molecule has 1 aliphatic heterocycles. The van der Waals surface area contributed by atoms with Crippen LogP contribution in [0.25, 0.3) is 11.0 Å². The molecule has 1 aliphatic rings. The van der Waals surface area contributed by atoms with Crippen molar-refractivity contribution < 1.29 is 14.0 Å². The van der Waals surface area contributed by atoms with E-state index in [2.05, 4.69) is 4.98 Å². The van der Waals surface area contributed by atoms with Crippen LogP contribution < -0.4 is 5.43 Å².